The maximum absolute atomic E-state index is 10.8. The van der Waals surface area contributed by atoms with Gasteiger partial charge in [0.1, 0.15) is 11.4 Å². The van der Waals surface area contributed by atoms with E-state index < -0.39 is 0 Å². The Bertz CT molecular complexity index is 786. The highest BCUT2D eigenvalue weighted by atomic mass is 35.5. The van der Waals surface area contributed by atoms with E-state index in [1.54, 1.807) is 18.5 Å². The second kappa shape index (κ2) is 5.61. The molecule has 0 aliphatic rings. The van der Waals surface area contributed by atoms with Gasteiger partial charge in [0.15, 0.2) is 6.29 Å². The third kappa shape index (κ3) is 2.53. The molecule has 0 unspecified atom stereocenters. The lowest BCUT2D eigenvalue weighted by atomic mass is 10.2. The van der Waals surface area contributed by atoms with Crippen LogP contribution in [0.15, 0.2) is 58.7 Å². The van der Waals surface area contributed by atoms with Crippen LogP contribution in [0, 0.1) is 0 Å². The molecule has 0 aliphatic heterocycles. The van der Waals surface area contributed by atoms with Crippen LogP contribution in [-0.4, -0.2) is 16.3 Å². The van der Waals surface area contributed by atoms with Crippen LogP contribution in [0.2, 0.25) is 5.02 Å². The van der Waals surface area contributed by atoms with Crippen LogP contribution >= 0.6 is 23.4 Å². The van der Waals surface area contributed by atoms with E-state index >= 15 is 0 Å². The SMILES string of the molecule is O=Cc1ccc(Sc2ncnc3ccccc23)cc1Cl. The molecule has 5 heteroatoms. The third-order valence-corrected chi connectivity index (χ3v) is 4.16. The normalized spacial score (nSPS) is 10.7. The molecule has 0 radical (unpaired) electrons. The maximum Gasteiger partial charge on any atom is 0.151 e. The molecule has 3 nitrogen and oxygen atoms in total. The number of aldehydes is 1. The van der Waals surface area contributed by atoms with Gasteiger partial charge in [0, 0.05) is 15.8 Å². The number of fused-ring (bicyclic) bond motifs is 1. The van der Waals surface area contributed by atoms with Crippen molar-refractivity contribution in [3.8, 4) is 0 Å². The van der Waals surface area contributed by atoms with Crippen molar-refractivity contribution in [2.75, 3.05) is 0 Å². The Morgan fingerprint density at radius 2 is 1.95 bits per heavy atom. The Kier molecular flexibility index (Phi) is 3.67. The van der Waals surface area contributed by atoms with Crippen LogP contribution in [0.4, 0.5) is 0 Å². The molecule has 20 heavy (non-hydrogen) atoms. The van der Waals surface area contributed by atoms with Crippen molar-refractivity contribution < 1.29 is 4.79 Å². The summed E-state index contributed by atoms with van der Waals surface area (Å²) in [4.78, 5) is 20.2. The van der Waals surface area contributed by atoms with Crippen LogP contribution in [0.5, 0.6) is 0 Å². The maximum atomic E-state index is 10.8. The third-order valence-electron chi connectivity index (χ3n) is 2.82. The highest BCUT2D eigenvalue weighted by Crippen LogP contribution is 2.32. The predicted molar refractivity (Wildman–Crippen MR) is 80.5 cm³/mol. The van der Waals surface area contributed by atoms with E-state index in [4.69, 9.17) is 11.6 Å². The van der Waals surface area contributed by atoms with Crippen molar-refractivity contribution in [1.29, 1.82) is 0 Å². The molecule has 0 spiro atoms. The second-order valence-electron chi connectivity index (χ2n) is 4.10. The average molecular weight is 301 g/mol. The first-order chi connectivity index (χ1) is 9.78. The number of para-hydroxylation sites is 1. The summed E-state index contributed by atoms with van der Waals surface area (Å²) in [6.07, 6.45) is 2.29. The summed E-state index contributed by atoms with van der Waals surface area (Å²) in [5.74, 6) is 0. The first-order valence-electron chi connectivity index (χ1n) is 5.90. The number of carbonyl (C=O) groups excluding carboxylic acids is 1. The van der Waals surface area contributed by atoms with E-state index in [9.17, 15) is 4.79 Å². The molecular weight excluding hydrogens is 292 g/mol. The van der Waals surface area contributed by atoms with Gasteiger partial charge in [0.2, 0.25) is 0 Å². The molecule has 0 fully saturated rings. The summed E-state index contributed by atoms with van der Waals surface area (Å²) < 4.78 is 0. The fourth-order valence-corrected chi connectivity index (χ4v) is 3.05. The van der Waals surface area contributed by atoms with Gasteiger partial charge in [0.25, 0.3) is 0 Å². The first kappa shape index (κ1) is 13.1. The van der Waals surface area contributed by atoms with Crippen LogP contribution < -0.4 is 0 Å². The largest absolute Gasteiger partial charge is 0.298 e. The molecule has 0 bridgehead atoms. The number of aromatic nitrogens is 2. The fraction of sp³-hybridized carbons (Fsp3) is 0. The van der Waals surface area contributed by atoms with Gasteiger partial charge in [-0.15, -0.1) is 0 Å². The smallest absolute Gasteiger partial charge is 0.151 e. The zero-order valence-corrected chi connectivity index (χ0v) is 11.9. The Morgan fingerprint density at radius 3 is 2.75 bits per heavy atom. The zero-order chi connectivity index (χ0) is 13.9. The molecule has 2 aromatic carbocycles. The number of rotatable bonds is 3. The fourth-order valence-electron chi connectivity index (χ4n) is 1.84. The highest BCUT2D eigenvalue weighted by Gasteiger charge is 2.07. The van der Waals surface area contributed by atoms with Crippen LogP contribution in [0.1, 0.15) is 10.4 Å². The molecule has 3 rings (SSSR count). The number of hydrogen-bond acceptors (Lipinski definition) is 4. The Morgan fingerprint density at radius 1 is 1.10 bits per heavy atom. The topological polar surface area (TPSA) is 42.9 Å². The molecule has 98 valence electrons. The molecule has 0 saturated heterocycles. The van der Waals surface area contributed by atoms with E-state index in [1.807, 2.05) is 30.3 Å². The van der Waals surface area contributed by atoms with Crippen molar-refractivity contribution in [3.05, 3.63) is 59.4 Å². The van der Waals surface area contributed by atoms with Gasteiger partial charge in [-0.2, -0.15) is 0 Å². The lowest BCUT2D eigenvalue weighted by Crippen LogP contribution is -1.87. The van der Waals surface area contributed by atoms with Gasteiger partial charge in [-0.25, -0.2) is 9.97 Å². The first-order valence-corrected chi connectivity index (χ1v) is 7.10. The Labute approximate surface area is 125 Å². The number of halogens is 1. The molecule has 3 aromatic rings. The van der Waals surface area contributed by atoms with Gasteiger partial charge in [0.05, 0.1) is 10.5 Å². The molecule has 1 aromatic heterocycles. The van der Waals surface area contributed by atoms with Crippen molar-refractivity contribution in [3.63, 3.8) is 0 Å². The van der Waals surface area contributed by atoms with Crippen molar-refractivity contribution in [2.24, 2.45) is 0 Å². The van der Waals surface area contributed by atoms with Crippen molar-refractivity contribution in [1.82, 2.24) is 9.97 Å². The monoisotopic (exact) mass is 300 g/mol. The summed E-state index contributed by atoms with van der Waals surface area (Å²) in [7, 11) is 0. The van der Waals surface area contributed by atoms with Gasteiger partial charge < -0.3 is 0 Å². The van der Waals surface area contributed by atoms with E-state index in [1.165, 1.54) is 11.8 Å². The van der Waals surface area contributed by atoms with Crippen LogP contribution in [0.25, 0.3) is 10.9 Å². The number of carbonyl (C=O) groups is 1. The molecule has 0 atom stereocenters. The molecule has 1 heterocycles. The minimum absolute atomic E-state index is 0.448. The van der Waals surface area contributed by atoms with E-state index in [2.05, 4.69) is 9.97 Å². The van der Waals surface area contributed by atoms with E-state index in [-0.39, 0.29) is 0 Å². The number of hydrogen-bond donors (Lipinski definition) is 0. The highest BCUT2D eigenvalue weighted by molar-refractivity contribution is 7.99. The van der Waals surface area contributed by atoms with Gasteiger partial charge in [-0.05, 0) is 24.3 Å². The summed E-state index contributed by atoms with van der Waals surface area (Å²) in [5.41, 5.74) is 1.39. The van der Waals surface area contributed by atoms with Gasteiger partial charge in [-0.1, -0.05) is 41.6 Å². The Hall–Kier alpha value is -1.91. The summed E-state index contributed by atoms with van der Waals surface area (Å²) in [6.45, 7) is 0. The molecule has 0 aliphatic carbocycles. The number of benzene rings is 2. The van der Waals surface area contributed by atoms with Gasteiger partial charge in [-0.3, -0.25) is 4.79 Å². The number of nitrogens with zero attached hydrogens (tertiary/aromatic N) is 2. The summed E-state index contributed by atoms with van der Waals surface area (Å²) in [6, 6.07) is 13.2. The quantitative estimate of drug-likeness (QED) is 0.536. The molecule has 0 amide bonds. The van der Waals surface area contributed by atoms with E-state index in [0.717, 1.165) is 27.1 Å². The molecular formula is C15H9ClN2OS. The van der Waals surface area contributed by atoms with Crippen LogP contribution in [-0.2, 0) is 0 Å². The lowest BCUT2D eigenvalue weighted by Gasteiger charge is -2.05. The summed E-state index contributed by atoms with van der Waals surface area (Å²) >= 11 is 7.54. The molecule has 0 saturated carbocycles. The van der Waals surface area contributed by atoms with E-state index in [0.29, 0.717) is 10.6 Å². The van der Waals surface area contributed by atoms with Crippen molar-refractivity contribution >= 4 is 40.6 Å². The van der Waals surface area contributed by atoms with Crippen LogP contribution in [0.3, 0.4) is 0 Å². The average Bonchev–Trinajstić information content (AvgIpc) is 2.48. The standard InChI is InChI=1S/C15H9ClN2OS/c16-13-7-11(6-5-10(13)8-19)20-15-12-3-1-2-4-14(12)17-9-18-15/h1-9H. The van der Waals surface area contributed by atoms with Gasteiger partial charge >= 0.3 is 0 Å². The lowest BCUT2D eigenvalue weighted by molar-refractivity contribution is 0.112. The second-order valence-corrected chi connectivity index (χ2v) is 5.57. The Balaban J connectivity index is 2.01. The minimum Gasteiger partial charge on any atom is -0.298 e. The minimum atomic E-state index is 0.448. The van der Waals surface area contributed by atoms with Crippen molar-refractivity contribution in [2.45, 2.75) is 9.92 Å². The molecule has 0 N–H and O–H groups in total. The predicted octanol–water partition coefficient (Wildman–Crippen LogP) is 4.25. The summed E-state index contributed by atoms with van der Waals surface area (Å²) in [5, 5.41) is 2.31. The zero-order valence-electron chi connectivity index (χ0n) is 10.3.